The van der Waals surface area contributed by atoms with Crippen LogP contribution >= 0.6 is 0 Å². The average Bonchev–Trinajstić information content (AvgIpc) is 2.84. The van der Waals surface area contributed by atoms with Crippen molar-refractivity contribution in [1.82, 2.24) is 14.8 Å². The zero-order valence-electron chi connectivity index (χ0n) is 17.0. The predicted octanol–water partition coefficient (Wildman–Crippen LogP) is 1.62. The summed E-state index contributed by atoms with van der Waals surface area (Å²) in [7, 11) is 3.95. The fourth-order valence-electron chi connectivity index (χ4n) is 2.84. The zero-order valence-corrected chi connectivity index (χ0v) is 17.0. The highest BCUT2D eigenvalue weighted by atomic mass is 16.3. The largest absolute Gasteiger partial charge is 0.316 e. The van der Waals surface area contributed by atoms with Gasteiger partial charge in [0.1, 0.15) is 0 Å². The molecule has 0 unspecified atom stereocenters. The van der Waals surface area contributed by atoms with Gasteiger partial charge in [-0.15, -0.1) is 4.91 Å². The van der Waals surface area contributed by atoms with E-state index in [1.807, 2.05) is 36.0 Å². The van der Waals surface area contributed by atoms with Crippen molar-refractivity contribution in [2.75, 3.05) is 45.2 Å². The average molecular weight is 398 g/mol. The van der Waals surface area contributed by atoms with E-state index in [9.17, 15) is 14.5 Å². The van der Waals surface area contributed by atoms with Gasteiger partial charge in [0.2, 0.25) is 5.91 Å². The lowest BCUT2D eigenvalue weighted by molar-refractivity contribution is -0.119. The number of pyridine rings is 1. The maximum absolute atomic E-state index is 12.8. The highest BCUT2D eigenvalue weighted by molar-refractivity contribution is 5.97. The SMILES string of the molecule is C\C=C(/C=C\N=C\CN1CC(=O)N(CCN(C)C)c2cccnc2C1)C(=O)N=O. The van der Waals surface area contributed by atoms with Gasteiger partial charge in [0.15, 0.2) is 0 Å². The van der Waals surface area contributed by atoms with Gasteiger partial charge in [-0.25, -0.2) is 0 Å². The van der Waals surface area contributed by atoms with Gasteiger partial charge < -0.3 is 9.80 Å². The first kappa shape index (κ1) is 22.3. The number of rotatable bonds is 8. The molecular weight excluding hydrogens is 372 g/mol. The molecule has 154 valence electrons. The molecule has 1 aliphatic heterocycles. The van der Waals surface area contributed by atoms with Gasteiger partial charge in [0.05, 0.1) is 17.9 Å². The summed E-state index contributed by atoms with van der Waals surface area (Å²) in [6.45, 7) is 4.23. The van der Waals surface area contributed by atoms with Crippen LogP contribution in [0.25, 0.3) is 0 Å². The molecule has 0 aromatic carbocycles. The second kappa shape index (κ2) is 11.1. The topological polar surface area (TPSA) is 98.5 Å². The minimum absolute atomic E-state index is 0.0152. The van der Waals surface area contributed by atoms with Crippen LogP contribution < -0.4 is 4.90 Å². The van der Waals surface area contributed by atoms with Crippen molar-refractivity contribution in [1.29, 1.82) is 0 Å². The molecule has 0 spiro atoms. The highest BCUT2D eigenvalue weighted by Gasteiger charge is 2.26. The Hall–Kier alpha value is -3.04. The minimum atomic E-state index is -0.836. The molecule has 2 amide bonds. The number of nitrogens with zero attached hydrogens (tertiary/aromatic N) is 6. The van der Waals surface area contributed by atoms with Crippen LogP contribution in [0.15, 0.2) is 52.4 Å². The van der Waals surface area contributed by atoms with E-state index in [0.29, 0.717) is 19.6 Å². The second-order valence-corrected chi connectivity index (χ2v) is 6.78. The molecule has 1 aromatic rings. The van der Waals surface area contributed by atoms with Crippen molar-refractivity contribution in [2.24, 2.45) is 10.2 Å². The van der Waals surface area contributed by atoms with Crippen LogP contribution in [0.1, 0.15) is 12.6 Å². The third-order valence-corrected chi connectivity index (χ3v) is 4.39. The van der Waals surface area contributed by atoms with Crippen molar-refractivity contribution >= 4 is 23.7 Å². The fraction of sp³-hybridized carbons (Fsp3) is 0.400. The number of fused-ring (bicyclic) bond motifs is 1. The lowest BCUT2D eigenvalue weighted by atomic mass is 10.2. The fourth-order valence-corrected chi connectivity index (χ4v) is 2.84. The Morgan fingerprint density at radius 2 is 2.14 bits per heavy atom. The summed E-state index contributed by atoms with van der Waals surface area (Å²) in [5, 5.41) is 2.38. The van der Waals surface area contributed by atoms with E-state index in [1.54, 1.807) is 24.2 Å². The summed E-state index contributed by atoms with van der Waals surface area (Å²) in [6, 6.07) is 3.76. The molecule has 0 bridgehead atoms. The molecule has 9 nitrogen and oxygen atoms in total. The van der Waals surface area contributed by atoms with E-state index in [1.165, 1.54) is 18.4 Å². The van der Waals surface area contributed by atoms with Crippen LogP contribution in [0.5, 0.6) is 0 Å². The molecule has 1 aliphatic rings. The molecule has 2 heterocycles. The van der Waals surface area contributed by atoms with Gasteiger partial charge in [-0.3, -0.25) is 24.5 Å². The first-order chi connectivity index (χ1) is 14.0. The number of likely N-dealkylation sites (N-methyl/N-ethyl adjacent to an activating group) is 1. The number of carbonyl (C=O) groups excluding carboxylic acids is 2. The number of aliphatic imine (C=N–C) groups is 1. The van der Waals surface area contributed by atoms with Crippen molar-refractivity contribution in [3.05, 3.63) is 52.9 Å². The normalized spacial score (nSPS) is 15.9. The van der Waals surface area contributed by atoms with Crippen molar-refractivity contribution < 1.29 is 9.59 Å². The third-order valence-electron chi connectivity index (χ3n) is 4.39. The molecule has 2 rings (SSSR count). The van der Waals surface area contributed by atoms with E-state index in [4.69, 9.17) is 0 Å². The number of allylic oxidation sites excluding steroid dienone is 1. The standard InChI is InChI=1S/C20H26N6O3/c1-4-16(20(28)23-29)7-9-21-10-11-25-14-17-18(6-5-8-22-17)26(19(27)15-25)13-12-24(2)3/h4-10H,11-15H2,1-3H3/b9-7-,16-4+,21-10+. The zero-order chi connectivity index (χ0) is 21.2. The van der Waals surface area contributed by atoms with Crippen molar-refractivity contribution in [2.45, 2.75) is 13.5 Å². The summed E-state index contributed by atoms with van der Waals surface area (Å²) in [5.74, 6) is -0.820. The van der Waals surface area contributed by atoms with Gasteiger partial charge >= 0.3 is 5.91 Å². The molecule has 0 N–H and O–H groups in total. The summed E-state index contributed by atoms with van der Waals surface area (Å²) in [5.41, 5.74) is 1.87. The van der Waals surface area contributed by atoms with E-state index in [0.717, 1.165) is 17.9 Å². The van der Waals surface area contributed by atoms with E-state index in [-0.39, 0.29) is 18.0 Å². The molecule has 9 heteroatoms. The predicted molar refractivity (Wildman–Crippen MR) is 113 cm³/mol. The maximum Gasteiger partial charge on any atom is 0.316 e. The molecule has 0 atom stereocenters. The second-order valence-electron chi connectivity index (χ2n) is 6.78. The molecule has 0 aliphatic carbocycles. The van der Waals surface area contributed by atoms with Crippen LogP contribution in [0.4, 0.5) is 5.69 Å². The van der Waals surface area contributed by atoms with Gasteiger partial charge in [-0.05, 0) is 39.2 Å². The lowest BCUT2D eigenvalue weighted by Gasteiger charge is -2.24. The Morgan fingerprint density at radius 1 is 1.34 bits per heavy atom. The van der Waals surface area contributed by atoms with Crippen LogP contribution in [0.3, 0.4) is 0 Å². The molecule has 0 radical (unpaired) electrons. The van der Waals surface area contributed by atoms with Gasteiger partial charge in [-0.1, -0.05) is 6.08 Å². The Bertz CT molecular complexity index is 831. The van der Waals surface area contributed by atoms with Gasteiger partial charge in [-0.2, -0.15) is 0 Å². The van der Waals surface area contributed by atoms with Crippen molar-refractivity contribution in [3.63, 3.8) is 0 Å². The van der Waals surface area contributed by atoms with Gasteiger partial charge in [0.25, 0.3) is 0 Å². The lowest BCUT2D eigenvalue weighted by Crippen LogP contribution is -2.41. The summed E-state index contributed by atoms with van der Waals surface area (Å²) in [4.78, 5) is 48.7. The number of amides is 2. The molecule has 1 aromatic heterocycles. The Kier molecular flexibility index (Phi) is 8.50. The Labute approximate surface area is 170 Å². The highest BCUT2D eigenvalue weighted by Crippen LogP contribution is 2.23. The van der Waals surface area contributed by atoms with Crippen LogP contribution in [0.2, 0.25) is 0 Å². The maximum atomic E-state index is 12.8. The number of hydrogen-bond acceptors (Lipinski definition) is 7. The number of anilines is 1. The molecule has 0 fully saturated rings. The van der Waals surface area contributed by atoms with Crippen LogP contribution in [-0.4, -0.2) is 73.1 Å². The first-order valence-electron chi connectivity index (χ1n) is 9.29. The monoisotopic (exact) mass is 398 g/mol. The third kappa shape index (κ3) is 6.51. The minimum Gasteiger partial charge on any atom is -0.308 e. The van der Waals surface area contributed by atoms with Crippen LogP contribution in [-0.2, 0) is 16.1 Å². The van der Waals surface area contributed by atoms with E-state index in [2.05, 4.69) is 15.2 Å². The summed E-state index contributed by atoms with van der Waals surface area (Å²) >= 11 is 0. The number of carbonyl (C=O) groups is 2. The Morgan fingerprint density at radius 3 is 2.83 bits per heavy atom. The Balaban J connectivity index is 2.06. The number of hydrogen-bond donors (Lipinski definition) is 0. The van der Waals surface area contributed by atoms with E-state index >= 15 is 0 Å². The number of aromatic nitrogens is 1. The molecular formula is C20H26N6O3. The first-order valence-corrected chi connectivity index (χ1v) is 9.29. The van der Waals surface area contributed by atoms with Crippen molar-refractivity contribution in [3.8, 4) is 0 Å². The summed E-state index contributed by atoms with van der Waals surface area (Å²) in [6.07, 6.45) is 7.72. The molecule has 0 saturated heterocycles. The molecule has 0 saturated carbocycles. The number of nitroso groups, excluding NO2 is 1. The smallest absolute Gasteiger partial charge is 0.308 e. The summed E-state index contributed by atoms with van der Waals surface area (Å²) < 4.78 is 0. The quantitative estimate of drug-likeness (QED) is 0.286. The van der Waals surface area contributed by atoms with Crippen LogP contribution in [0, 0.1) is 4.91 Å². The molecule has 29 heavy (non-hydrogen) atoms. The van der Waals surface area contributed by atoms with Gasteiger partial charge in [0, 0.05) is 55.5 Å². The van der Waals surface area contributed by atoms with E-state index < -0.39 is 5.91 Å².